The molecule has 0 N–H and O–H groups in total. The number of hydrogen-bond acceptors (Lipinski definition) is 6. The van der Waals surface area contributed by atoms with Crippen LogP contribution >= 0.6 is 0 Å². The van der Waals surface area contributed by atoms with Crippen LogP contribution in [-0.4, -0.2) is 110 Å². The first-order chi connectivity index (χ1) is 54.2. The van der Waals surface area contributed by atoms with Gasteiger partial charge in [0.05, 0.1) is 78.5 Å². The number of nitrogens with zero attached hydrogens (tertiary/aromatic N) is 3. The molecule has 668 valence electrons. The molecule has 0 aliphatic carbocycles. The molecule has 0 unspecified atom stereocenters. The van der Waals surface area contributed by atoms with Gasteiger partial charge in [-0.3, -0.25) is 0 Å². The molecule has 0 atom stereocenters. The van der Waals surface area contributed by atoms with Crippen molar-refractivity contribution in [2.45, 2.75) is 558 Å². The van der Waals surface area contributed by atoms with Crippen LogP contribution in [0.5, 0.6) is 0 Å². The Labute approximate surface area is 699 Å². The molecular formula is C102H209N3O6. The van der Waals surface area contributed by atoms with Gasteiger partial charge in [0.2, 0.25) is 0 Å². The minimum atomic E-state index is -1.73. The monoisotopic (exact) mass is 1570 g/mol. The fourth-order valence-corrected chi connectivity index (χ4v) is 17.4. The summed E-state index contributed by atoms with van der Waals surface area (Å²) >= 11 is 0. The van der Waals surface area contributed by atoms with Crippen LogP contribution in [0.15, 0.2) is 0 Å². The average molecular weight is 1570 g/mol. The van der Waals surface area contributed by atoms with Crippen LogP contribution in [0, 0.1) is 5.92 Å². The predicted octanol–water partition coefficient (Wildman–Crippen LogP) is 29.4. The maximum absolute atomic E-state index is 10.1. The van der Waals surface area contributed by atoms with Crippen LogP contribution in [0.2, 0.25) is 0 Å². The number of hydrogen-bond donors (Lipinski definition) is 0. The zero-order valence-corrected chi connectivity index (χ0v) is 78.7. The first kappa shape index (κ1) is 116. The maximum atomic E-state index is 10.1. The van der Waals surface area contributed by atoms with Gasteiger partial charge in [-0.15, -0.1) is 0 Å². The molecule has 0 aromatic carbocycles. The minimum absolute atomic E-state index is 0.879. The molecule has 0 bridgehead atoms. The van der Waals surface area contributed by atoms with Crippen LogP contribution in [0.3, 0.4) is 0 Å². The number of carbonyl (C=O) groups is 3. The first-order valence-electron chi connectivity index (χ1n) is 51.3. The van der Waals surface area contributed by atoms with E-state index >= 15 is 0 Å². The Balaban J connectivity index is -0.000000718. The van der Waals surface area contributed by atoms with Gasteiger partial charge in [-0.25, -0.2) is 0 Å². The normalized spacial score (nSPS) is 11.8. The predicted molar refractivity (Wildman–Crippen MR) is 487 cm³/mol. The Morgan fingerprint density at radius 3 is 0.333 bits per heavy atom. The molecule has 0 spiro atoms. The van der Waals surface area contributed by atoms with E-state index in [1.165, 1.54) is 554 Å². The number of aliphatic carboxylic acids is 3. The van der Waals surface area contributed by atoms with Crippen molar-refractivity contribution < 1.29 is 43.2 Å². The molecule has 111 heavy (non-hydrogen) atoms. The van der Waals surface area contributed by atoms with Crippen molar-refractivity contribution in [2.75, 3.05) is 78.5 Å². The lowest BCUT2D eigenvalue weighted by atomic mass is 10.0. The van der Waals surface area contributed by atoms with E-state index in [-0.39, 0.29) is 0 Å². The summed E-state index contributed by atoms with van der Waals surface area (Å²) in [7, 11) is 0. The largest absolute Gasteiger partial charge is 0.550 e. The van der Waals surface area contributed by atoms with Crippen LogP contribution in [0.25, 0.3) is 0 Å². The molecule has 0 amide bonds. The topological polar surface area (TPSA) is 120 Å². The van der Waals surface area contributed by atoms with E-state index in [1.807, 2.05) is 0 Å². The van der Waals surface area contributed by atoms with Crippen molar-refractivity contribution in [2.24, 2.45) is 5.92 Å². The zero-order chi connectivity index (χ0) is 82.6. The molecule has 0 saturated heterocycles. The molecule has 0 heterocycles. The third kappa shape index (κ3) is 87.4. The standard InChI is InChI=1S/3C32H68N.C6H8O6/c3*1-5-9-13-17-21-25-29-33(30-26-22-18-14-10-6-2,31-27-23-19-15-11-7-3)32-28-24-20-16-12-8-4;7-4(8)1-3(6(11)12)2-5(9)10/h3*5-32H2,1-4H3;3H,1-2H2,(H,7,8)(H,9,10)(H,11,12)/q3*+1;/p-3. The lowest BCUT2D eigenvalue weighted by molar-refractivity contribution is -0.929. The number of rotatable bonds is 89. The van der Waals surface area contributed by atoms with Gasteiger partial charge in [-0.2, -0.15) is 0 Å². The lowest BCUT2D eigenvalue weighted by Crippen LogP contribution is -2.50. The van der Waals surface area contributed by atoms with Crippen molar-refractivity contribution in [3.63, 3.8) is 0 Å². The van der Waals surface area contributed by atoms with Crippen molar-refractivity contribution >= 4 is 17.9 Å². The molecule has 0 rings (SSSR count). The van der Waals surface area contributed by atoms with Gasteiger partial charge in [0, 0.05) is 23.8 Å². The third-order valence-corrected chi connectivity index (χ3v) is 25.0. The van der Waals surface area contributed by atoms with Gasteiger partial charge < -0.3 is 43.2 Å². The van der Waals surface area contributed by atoms with Gasteiger partial charge in [-0.05, 0) is 167 Å². The van der Waals surface area contributed by atoms with E-state index in [4.69, 9.17) is 0 Å². The first-order valence-corrected chi connectivity index (χ1v) is 51.3. The number of unbranched alkanes of at least 4 members (excludes halogenated alkanes) is 60. The summed E-state index contributed by atoms with van der Waals surface area (Å²) in [6.07, 6.45) is 103. The minimum Gasteiger partial charge on any atom is -0.550 e. The number of carboxylic acids is 3. The van der Waals surface area contributed by atoms with Gasteiger partial charge in [0.15, 0.2) is 0 Å². The summed E-state index contributed by atoms with van der Waals surface area (Å²) in [5.74, 6) is -6.58. The highest BCUT2D eigenvalue weighted by Crippen LogP contribution is 2.26. The van der Waals surface area contributed by atoms with Crippen molar-refractivity contribution in [3.8, 4) is 0 Å². The summed E-state index contributed by atoms with van der Waals surface area (Å²) in [6.45, 7) is 45.8. The summed E-state index contributed by atoms with van der Waals surface area (Å²) in [5.41, 5.74) is 0. The second kappa shape index (κ2) is 95.4. The van der Waals surface area contributed by atoms with Crippen LogP contribution in [0.4, 0.5) is 0 Å². The number of carbonyl (C=O) groups excluding carboxylic acids is 3. The van der Waals surface area contributed by atoms with Gasteiger partial charge in [0.1, 0.15) is 0 Å². The maximum Gasteiger partial charge on any atom is 0.0786 e. The van der Waals surface area contributed by atoms with Crippen molar-refractivity contribution in [1.82, 2.24) is 0 Å². The zero-order valence-electron chi connectivity index (χ0n) is 78.7. The molecule has 9 heteroatoms. The van der Waals surface area contributed by atoms with Crippen molar-refractivity contribution in [3.05, 3.63) is 0 Å². The summed E-state index contributed by atoms with van der Waals surface area (Å²) in [6, 6.07) is 0. The van der Waals surface area contributed by atoms with E-state index in [0.29, 0.717) is 0 Å². The van der Waals surface area contributed by atoms with E-state index in [2.05, 4.69) is 83.1 Å². The Hall–Kier alpha value is -1.71. The summed E-state index contributed by atoms with van der Waals surface area (Å²) in [5, 5.41) is 29.8. The Bertz CT molecular complexity index is 1390. The fraction of sp³-hybridized carbons (Fsp3) is 0.971. The Kier molecular flexibility index (Phi) is 99.4. The van der Waals surface area contributed by atoms with Crippen LogP contribution in [0.1, 0.15) is 558 Å². The number of carboxylic acid groups (broad SMARTS) is 3. The molecule has 0 aromatic rings. The number of quaternary nitrogens is 3. The summed E-state index contributed by atoms with van der Waals surface area (Å²) in [4.78, 5) is 29.8. The van der Waals surface area contributed by atoms with Crippen molar-refractivity contribution in [1.29, 1.82) is 0 Å². The highest BCUT2D eigenvalue weighted by atomic mass is 16.4. The lowest BCUT2D eigenvalue weighted by Gasteiger charge is -2.40. The summed E-state index contributed by atoms with van der Waals surface area (Å²) < 4.78 is 4.43. The molecule has 0 aliphatic rings. The Morgan fingerprint density at radius 1 is 0.162 bits per heavy atom. The Morgan fingerprint density at radius 2 is 0.252 bits per heavy atom. The second-order valence-electron chi connectivity index (χ2n) is 36.1. The molecule has 0 radical (unpaired) electrons. The molecule has 0 saturated carbocycles. The van der Waals surface area contributed by atoms with E-state index in [9.17, 15) is 29.7 Å². The van der Waals surface area contributed by atoms with Crippen LogP contribution in [-0.2, 0) is 14.4 Å². The average Bonchev–Trinajstić information content (AvgIpc) is 0.883. The molecule has 0 aromatic heterocycles. The highest BCUT2D eigenvalue weighted by molar-refractivity contribution is 5.80. The van der Waals surface area contributed by atoms with E-state index in [1.54, 1.807) is 0 Å². The molecule has 0 fully saturated rings. The van der Waals surface area contributed by atoms with E-state index in [0.717, 1.165) is 0 Å². The fourth-order valence-electron chi connectivity index (χ4n) is 17.4. The van der Waals surface area contributed by atoms with E-state index < -0.39 is 36.7 Å². The van der Waals surface area contributed by atoms with Gasteiger partial charge in [0.25, 0.3) is 0 Å². The highest BCUT2D eigenvalue weighted by Gasteiger charge is 2.29. The quantitative estimate of drug-likeness (QED) is 0.0442. The van der Waals surface area contributed by atoms with Crippen LogP contribution < -0.4 is 15.3 Å². The SMILES string of the molecule is CCCCCCCC[N+](CCCCCCCC)(CCCCCCCC)CCCCCCCC.CCCCCCCC[N+](CCCCCCCC)(CCCCCCCC)CCCCCCCC.CCCCCCCC[N+](CCCCCCCC)(CCCCCCCC)CCCCCCCC.O=C([O-])CC(CC(=O)[O-])C(=O)[O-]. The van der Waals surface area contributed by atoms with Gasteiger partial charge in [-0.1, -0.05) is 391 Å². The molecule has 0 aliphatic heterocycles. The third-order valence-electron chi connectivity index (χ3n) is 25.0. The second-order valence-corrected chi connectivity index (χ2v) is 36.1. The molecular weight excluding hydrogens is 1360 g/mol. The molecule has 9 nitrogen and oxygen atoms in total. The smallest absolute Gasteiger partial charge is 0.0786 e. The van der Waals surface area contributed by atoms with Gasteiger partial charge >= 0.3 is 0 Å².